The number of hydrogen-bond acceptors (Lipinski definition) is 3. The molecule has 3 rings (SSSR count). The number of piperidine rings is 2. The number of rotatable bonds is 3. The number of benzene rings is 1. The fraction of sp³-hybridized carbons (Fsp3) is 0.526. The second-order valence-corrected chi connectivity index (χ2v) is 7.37. The summed E-state index contributed by atoms with van der Waals surface area (Å²) in [4.78, 5) is 39.3. The number of nitrogens with two attached hydrogens (primary N) is 1. The predicted octanol–water partition coefficient (Wildman–Crippen LogP) is 1.33. The molecule has 2 aliphatic rings. The van der Waals surface area contributed by atoms with Crippen LogP contribution in [0.5, 0.6) is 0 Å². The predicted molar refractivity (Wildman–Crippen MR) is 93.8 cm³/mol. The molecule has 0 saturated carbocycles. The van der Waals surface area contributed by atoms with Crippen LogP contribution in [-0.4, -0.2) is 53.7 Å². The first-order chi connectivity index (χ1) is 11.9. The maximum Gasteiger partial charge on any atom is 0.253 e. The Labute approximate surface area is 148 Å². The molecule has 2 heterocycles. The van der Waals surface area contributed by atoms with E-state index in [0.717, 1.165) is 30.4 Å². The van der Waals surface area contributed by atoms with Gasteiger partial charge in [0.05, 0.1) is 6.54 Å². The fourth-order valence-corrected chi connectivity index (χ4v) is 3.91. The summed E-state index contributed by atoms with van der Waals surface area (Å²) in [6, 6.07) is 7.64. The van der Waals surface area contributed by atoms with Crippen molar-refractivity contribution >= 4 is 17.7 Å². The second kappa shape index (κ2) is 6.86. The van der Waals surface area contributed by atoms with Crippen LogP contribution in [0, 0.1) is 12.3 Å². The van der Waals surface area contributed by atoms with Crippen molar-refractivity contribution in [2.45, 2.75) is 32.6 Å². The zero-order valence-electron chi connectivity index (χ0n) is 14.7. The second-order valence-electron chi connectivity index (χ2n) is 7.37. The largest absolute Gasteiger partial charge is 0.368 e. The van der Waals surface area contributed by atoms with Crippen LogP contribution in [-0.2, 0) is 9.59 Å². The summed E-state index contributed by atoms with van der Waals surface area (Å²) in [6.45, 7) is 3.94. The maximum atomic E-state index is 12.6. The standard InChI is InChI=1S/C19H25N3O3/c1-14-2-4-15(5-3-14)18(25)21-10-8-19(9-11-21)7-6-17(24)22(13-19)12-16(20)23/h2-5H,6-13H2,1H3,(H2,20,23). The molecule has 2 fully saturated rings. The minimum atomic E-state index is -0.475. The molecule has 0 aromatic heterocycles. The molecule has 0 aliphatic carbocycles. The highest BCUT2D eigenvalue weighted by atomic mass is 16.2. The summed E-state index contributed by atoms with van der Waals surface area (Å²) in [6.07, 6.45) is 2.99. The molecule has 6 heteroatoms. The molecule has 134 valence electrons. The van der Waals surface area contributed by atoms with E-state index in [1.165, 1.54) is 0 Å². The number of aryl methyl sites for hydroxylation is 1. The van der Waals surface area contributed by atoms with Gasteiger partial charge in [0, 0.05) is 31.6 Å². The quantitative estimate of drug-likeness (QED) is 0.898. The highest BCUT2D eigenvalue weighted by Crippen LogP contribution is 2.40. The van der Waals surface area contributed by atoms with Gasteiger partial charge in [0.25, 0.3) is 5.91 Å². The van der Waals surface area contributed by atoms with Crippen LogP contribution < -0.4 is 5.73 Å². The van der Waals surface area contributed by atoms with Gasteiger partial charge in [0.2, 0.25) is 11.8 Å². The van der Waals surface area contributed by atoms with E-state index in [-0.39, 0.29) is 23.8 Å². The number of nitrogens with zero attached hydrogens (tertiary/aromatic N) is 2. The third-order valence-electron chi connectivity index (χ3n) is 5.50. The Hall–Kier alpha value is -2.37. The van der Waals surface area contributed by atoms with Crippen molar-refractivity contribution in [1.29, 1.82) is 0 Å². The number of carbonyl (C=O) groups is 3. The van der Waals surface area contributed by atoms with Gasteiger partial charge >= 0.3 is 0 Å². The summed E-state index contributed by atoms with van der Waals surface area (Å²) in [5, 5.41) is 0. The molecule has 1 aromatic rings. The zero-order valence-corrected chi connectivity index (χ0v) is 14.7. The molecular formula is C19H25N3O3. The Morgan fingerprint density at radius 2 is 1.76 bits per heavy atom. The number of carbonyl (C=O) groups excluding carboxylic acids is 3. The lowest BCUT2D eigenvalue weighted by molar-refractivity contribution is -0.142. The van der Waals surface area contributed by atoms with Crippen molar-refractivity contribution in [2.24, 2.45) is 11.1 Å². The van der Waals surface area contributed by atoms with E-state index < -0.39 is 5.91 Å². The van der Waals surface area contributed by atoms with E-state index in [1.807, 2.05) is 36.1 Å². The molecule has 2 aliphatic heterocycles. The van der Waals surface area contributed by atoms with E-state index in [4.69, 9.17) is 5.73 Å². The van der Waals surface area contributed by atoms with Crippen LogP contribution in [0.15, 0.2) is 24.3 Å². The summed E-state index contributed by atoms with van der Waals surface area (Å²) in [5.74, 6) is -0.407. The van der Waals surface area contributed by atoms with E-state index >= 15 is 0 Å². The Bertz CT molecular complexity index is 676. The molecule has 3 amide bonds. The lowest BCUT2D eigenvalue weighted by Gasteiger charge is -2.47. The lowest BCUT2D eigenvalue weighted by Crippen LogP contribution is -2.53. The molecule has 0 unspecified atom stereocenters. The molecule has 1 aromatic carbocycles. The van der Waals surface area contributed by atoms with E-state index in [0.29, 0.717) is 26.1 Å². The van der Waals surface area contributed by atoms with Gasteiger partial charge in [-0.1, -0.05) is 17.7 Å². The highest BCUT2D eigenvalue weighted by molar-refractivity contribution is 5.94. The zero-order chi connectivity index (χ0) is 18.0. The average Bonchev–Trinajstić information content (AvgIpc) is 2.59. The summed E-state index contributed by atoms with van der Waals surface area (Å²) in [5.41, 5.74) is 7.11. The van der Waals surface area contributed by atoms with Crippen molar-refractivity contribution < 1.29 is 14.4 Å². The summed E-state index contributed by atoms with van der Waals surface area (Å²) < 4.78 is 0. The van der Waals surface area contributed by atoms with Crippen molar-refractivity contribution in [3.8, 4) is 0 Å². The first-order valence-electron chi connectivity index (χ1n) is 8.81. The van der Waals surface area contributed by atoms with E-state index in [2.05, 4.69) is 0 Å². The van der Waals surface area contributed by atoms with Crippen LogP contribution >= 0.6 is 0 Å². The molecule has 0 atom stereocenters. The first kappa shape index (κ1) is 17.5. The number of amides is 3. The monoisotopic (exact) mass is 343 g/mol. The molecule has 0 bridgehead atoms. The molecule has 25 heavy (non-hydrogen) atoms. The topological polar surface area (TPSA) is 83.7 Å². The Morgan fingerprint density at radius 1 is 1.12 bits per heavy atom. The van der Waals surface area contributed by atoms with Crippen LogP contribution in [0.2, 0.25) is 0 Å². The van der Waals surface area contributed by atoms with Crippen LogP contribution in [0.1, 0.15) is 41.6 Å². The molecule has 0 radical (unpaired) electrons. The number of likely N-dealkylation sites (tertiary alicyclic amines) is 2. The van der Waals surface area contributed by atoms with Gasteiger partial charge in [-0.05, 0) is 43.7 Å². The molecule has 2 N–H and O–H groups in total. The van der Waals surface area contributed by atoms with Gasteiger partial charge in [-0.2, -0.15) is 0 Å². The van der Waals surface area contributed by atoms with Crippen LogP contribution in [0.25, 0.3) is 0 Å². The fourth-order valence-electron chi connectivity index (χ4n) is 3.91. The van der Waals surface area contributed by atoms with Crippen molar-refractivity contribution in [2.75, 3.05) is 26.2 Å². The maximum absolute atomic E-state index is 12.6. The van der Waals surface area contributed by atoms with Crippen LogP contribution in [0.4, 0.5) is 0 Å². The summed E-state index contributed by atoms with van der Waals surface area (Å²) in [7, 11) is 0. The highest BCUT2D eigenvalue weighted by Gasteiger charge is 2.42. The number of primary amides is 1. The minimum Gasteiger partial charge on any atom is -0.368 e. The van der Waals surface area contributed by atoms with Gasteiger partial charge in [-0.3, -0.25) is 14.4 Å². The smallest absolute Gasteiger partial charge is 0.253 e. The first-order valence-corrected chi connectivity index (χ1v) is 8.81. The summed E-state index contributed by atoms with van der Waals surface area (Å²) >= 11 is 0. The third-order valence-corrected chi connectivity index (χ3v) is 5.50. The Kier molecular flexibility index (Phi) is 4.79. The molecule has 6 nitrogen and oxygen atoms in total. The SMILES string of the molecule is Cc1ccc(C(=O)N2CCC3(CCC(=O)N(CC(N)=O)C3)CC2)cc1. The van der Waals surface area contributed by atoms with Gasteiger partial charge in [0.15, 0.2) is 0 Å². The lowest BCUT2D eigenvalue weighted by atomic mass is 9.72. The normalized spacial score (nSPS) is 20.0. The van der Waals surface area contributed by atoms with Crippen molar-refractivity contribution in [3.05, 3.63) is 35.4 Å². The van der Waals surface area contributed by atoms with Gasteiger partial charge in [-0.15, -0.1) is 0 Å². The molecule has 1 spiro atoms. The average molecular weight is 343 g/mol. The van der Waals surface area contributed by atoms with E-state index in [1.54, 1.807) is 4.90 Å². The van der Waals surface area contributed by atoms with Crippen LogP contribution in [0.3, 0.4) is 0 Å². The molecular weight excluding hydrogens is 318 g/mol. The third kappa shape index (κ3) is 3.83. The van der Waals surface area contributed by atoms with Gasteiger partial charge in [0.1, 0.15) is 0 Å². The number of hydrogen-bond donors (Lipinski definition) is 1. The van der Waals surface area contributed by atoms with Crippen molar-refractivity contribution in [3.63, 3.8) is 0 Å². The minimum absolute atomic E-state index is 0.00239. The van der Waals surface area contributed by atoms with Crippen molar-refractivity contribution in [1.82, 2.24) is 9.80 Å². The van der Waals surface area contributed by atoms with Gasteiger partial charge < -0.3 is 15.5 Å². The van der Waals surface area contributed by atoms with Gasteiger partial charge in [-0.25, -0.2) is 0 Å². The Balaban J connectivity index is 1.62. The molecule has 2 saturated heterocycles. The van der Waals surface area contributed by atoms with E-state index in [9.17, 15) is 14.4 Å². The Morgan fingerprint density at radius 3 is 2.36 bits per heavy atom.